The molecule has 1 amide bonds. The summed E-state index contributed by atoms with van der Waals surface area (Å²) >= 11 is 0. The van der Waals surface area contributed by atoms with Crippen LogP contribution in [0.3, 0.4) is 0 Å². The summed E-state index contributed by atoms with van der Waals surface area (Å²) in [6.45, 7) is 0.802. The summed E-state index contributed by atoms with van der Waals surface area (Å²) in [5.41, 5.74) is 0.0208. The second kappa shape index (κ2) is 7.69. The second-order valence-electron chi connectivity index (χ2n) is 6.99. The molecule has 0 aliphatic carbocycles. The van der Waals surface area contributed by atoms with Crippen molar-refractivity contribution in [3.63, 3.8) is 0 Å². The van der Waals surface area contributed by atoms with Crippen LogP contribution in [0.15, 0.2) is 59.1 Å². The topological polar surface area (TPSA) is 59.2 Å². The van der Waals surface area contributed by atoms with Gasteiger partial charge in [-0.1, -0.05) is 41.6 Å². The Morgan fingerprint density at radius 1 is 1.10 bits per heavy atom. The largest absolute Gasteiger partial charge is 0.416 e. The van der Waals surface area contributed by atoms with E-state index in [0.717, 1.165) is 24.1 Å². The first-order chi connectivity index (χ1) is 13.9. The fraction of sp³-hybridized carbons (Fsp3) is 0.286. The van der Waals surface area contributed by atoms with Gasteiger partial charge in [0.2, 0.25) is 11.7 Å². The van der Waals surface area contributed by atoms with Gasteiger partial charge in [0.15, 0.2) is 0 Å². The molecule has 4 rings (SSSR count). The third-order valence-electron chi connectivity index (χ3n) is 4.97. The zero-order valence-electron chi connectivity index (χ0n) is 15.4. The average molecular weight is 401 g/mol. The molecule has 1 saturated heterocycles. The third kappa shape index (κ3) is 4.16. The minimum absolute atomic E-state index is 0.0241. The Labute approximate surface area is 165 Å². The first kappa shape index (κ1) is 19.2. The average Bonchev–Trinajstić information content (AvgIpc) is 3.24. The first-order valence-electron chi connectivity index (χ1n) is 9.27. The maximum atomic E-state index is 12.9. The highest BCUT2D eigenvalue weighted by molar-refractivity contribution is 5.94. The summed E-state index contributed by atoms with van der Waals surface area (Å²) < 4.78 is 44.2. The number of amides is 1. The molecule has 0 spiro atoms. The van der Waals surface area contributed by atoms with Crippen molar-refractivity contribution < 1.29 is 22.5 Å². The summed E-state index contributed by atoms with van der Waals surface area (Å²) in [4.78, 5) is 18.8. The Balaban J connectivity index is 1.50. The van der Waals surface area contributed by atoms with E-state index < -0.39 is 17.6 Å². The molecule has 5 nitrogen and oxygen atoms in total. The fourth-order valence-corrected chi connectivity index (χ4v) is 3.48. The predicted octanol–water partition coefficient (Wildman–Crippen LogP) is 4.78. The van der Waals surface area contributed by atoms with Gasteiger partial charge < -0.3 is 9.42 Å². The molecule has 2 aromatic carbocycles. The van der Waals surface area contributed by atoms with Crippen molar-refractivity contribution in [1.82, 2.24) is 15.0 Å². The van der Waals surface area contributed by atoms with Crippen LogP contribution in [0, 0.1) is 0 Å². The van der Waals surface area contributed by atoms with Gasteiger partial charge in [-0.2, -0.15) is 18.2 Å². The molecule has 1 aromatic heterocycles. The number of nitrogens with zero attached hydrogens (tertiary/aromatic N) is 3. The highest BCUT2D eigenvalue weighted by atomic mass is 19.4. The second-order valence-corrected chi connectivity index (χ2v) is 6.99. The lowest BCUT2D eigenvalue weighted by Gasteiger charge is -2.31. The highest BCUT2D eigenvalue weighted by Crippen LogP contribution is 2.31. The number of carbonyl (C=O) groups is 1. The predicted molar refractivity (Wildman–Crippen MR) is 99.1 cm³/mol. The SMILES string of the molecule is O=C(c1cccc(C(F)(F)F)c1)N1CCCC(c2nc(-c3ccccc3)no2)C1. The van der Waals surface area contributed by atoms with Gasteiger partial charge in [-0.25, -0.2) is 0 Å². The smallest absolute Gasteiger partial charge is 0.339 e. The van der Waals surface area contributed by atoms with E-state index in [0.29, 0.717) is 31.2 Å². The zero-order valence-corrected chi connectivity index (χ0v) is 15.4. The van der Waals surface area contributed by atoms with Gasteiger partial charge in [-0.15, -0.1) is 0 Å². The van der Waals surface area contributed by atoms with Gasteiger partial charge in [-0.05, 0) is 31.0 Å². The summed E-state index contributed by atoms with van der Waals surface area (Å²) in [5, 5.41) is 4.01. The van der Waals surface area contributed by atoms with E-state index in [4.69, 9.17) is 4.52 Å². The summed E-state index contributed by atoms with van der Waals surface area (Å²) in [5.74, 6) is 0.333. The van der Waals surface area contributed by atoms with Crippen molar-refractivity contribution in [3.8, 4) is 11.4 Å². The van der Waals surface area contributed by atoms with Gasteiger partial charge in [-0.3, -0.25) is 4.79 Å². The minimum Gasteiger partial charge on any atom is -0.339 e. The maximum absolute atomic E-state index is 12.9. The fourth-order valence-electron chi connectivity index (χ4n) is 3.48. The lowest BCUT2D eigenvalue weighted by molar-refractivity contribution is -0.137. The van der Waals surface area contributed by atoms with Gasteiger partial charge in [0, 0.05) is 24.2 Å². The van der Waals surface area contributed by atoms with Crippen LogP contribution in [0.25, 0.3) is 11.4 Å². The van der Waals surface area contributed by atoms with Crippen LogP contribution in [-0.2, 0) is 6.18 Å². The number of piperidine rings is 1. The molecule has 1 aliphatic rings. The molecule has 29 heavy (non-hydrogen) atoms. The first-order valence-corrected chi connectivity index (χ1v) is 9.27. The molecule has 0 bridgehead atoms. The van der Waals surface area contributed by atoms with Crippen LogP contribution in [0.5, 0.6) is 0 Å². The molecule has 1 aliphatic heterocycles. The van der Waals surface area contributed by atoms with Gasteiger partial charge in [0.05, 0.1) is 11.5 Å². The number of benzene rings is 2. The van der Waals surface area contributed by atoms with E-state index in [-0.39, 0.29) is 11.5 Å². The molecule has 0 N–H and O–H groups in total. The van der Waals surface area contributed by atoms with Crippen molar-refractivity contribution in [2.45, 2.75) is 24.9 Å². The molecule has 2 heterocycles. The standard InChI is InChI=1S/C21H18F3N3O2/c22-21(23,24)17-10-4-8-15(12-17)20(28)27-11-5-9-16(13-27)19-25-18(26-29-19)14-6-2-1-3-7-14/h1-4,6-8,10,12,16H,5,9,11,13H2. The van der Waals surface area contributed by atoms with Crippen LogP contribution in [0.1, 0.15) is 40.6 Å². The zero-order chi connectivity index (χ0) is 20.4. The van der Waals surface area contributed by atoms with Gasteiger partial charge in [0.25, 0.3) is 5.91 Å². The number of hydrogen-bond donors (Lipinski definition) is 0. The molecule has 0 radical (unpaired) electrons. The van der Waals surface area contributed by atoms with Crippen LogP contribution in [0.4, 0.5) is 13.2 Å². The van der Waals surface area contributed by atoms with Crippen molar-refractivity contribution in [1.29, 1.82) is 0 Å². The Morgan fingerprint density at radius 2 is 1.90 bits per heavy atom. The normalized spacial score (nSPS) is 17.3. The molecule has 150 valence electrons. The van der Waals surface area contributed by atoms with E-state index in [1.54, 1.807) is 4.90 Å². The number of aromatic nitrogens is 2. The molecule has 8 heteroatoms. The van der Waals surface area contributed by atoms with Crippen LogP contribution >= 0.6 is 0 Å². The summed E-state index contributed by atoms with van der Waals surface area (Å²) in [7, 11) is 0. The Kier molecular flexibility index (Phi) is 5.08. The Bertz CT molecular complexity index is 1000. The molecule has 1 unspecified atom stereocenters. The van der Waals surface area contributed by atoms with Crippen molar-refractivity contribution in [2.75, 3.05) is 13.1 Å². The molecular formula is C21H18F3N3O2. The number of alkyl halides is 3. The number of rotatable bonds is 3. The van der Waals surface area contributed by atoms with Gasteiger partial charge >= 0.3 is 6.18 Å². The molecule has 1 fully saturated rings. The molecule has 0 saturated carbocycles. The highest BCUT2D eigenvalue weighted by Gasteiger charge is 2.33. The van der Waals surface area contributed by atoms with Crippen molar-refractivity contribution in [2.24, 2.45) is 0 Å². The number of hydrogen-bond acceptors (Lipinski definition) is 4. The van der Waals surface area contributed by atoms with Crippen molar-refractivity contribution >= 4 is 5.91 Å². The van der Waals surface area contributed by atoms with E-state index in [1.165, 1.54) is 12.1 Å². The number of halogens is 3. The van der Waals surface area contributed by atoms with E-state index >= 15 is 0 Å². The van der Waals surface area contributed by atoms with Gasteiger partial charge in [0.1, 0.15) is 0 Å². The van der Waals surface area contributed by atoms with E-state index in [2.05, 4.69) is 10.1 Å². The quantitative estimate of drug-likeness (QED) is 0.634. The van der Waals surface area contributed by atoms with Crippen LogP contribution in [-0.4, -0.2) is 34.0 Å². The third-order valence-corrected chi connectivity index (χ3v) is 4.97. The minimum atomic E-state index is -4.49. The summed E-state index contributed by atoms with van der Waals surface area (Å²) in [6.07, 6.45) is -3.01. The van der Waals surface area contributed by atoms with Crippen LogP contribution in [0.2, 0.25) is 0 Å². The maximum Gasteiger partial charge on any atom is 0.416 e. The monoisotopic (exact) mass is 401 g/mol. The number of likely N-dealkylation sites (tertiary alicyclic amines) is 1. The Morgan fingerprint density at radius 3 is 2.66 bits per heavy atom. The van der Waals surface area contributed by atoms with E-state index in [9.17, 15) is 18.0 Å². The van der Waals surface area contributed by atoms with E-state index in [1.807, 2.05) is 30.3 Å². The van der Waals surface area contributed by atoms with Crippen molar-refractivity contribution in [3.05, 3.63) is 71.6 Å². The molecular weight excluding hydrogens is 383 g/mol. The lowest BCUT2D eigenvalue weighted by Crippen LogP contribution is -2.39. The Hall–Kier alpha value is -3.16. The summed E-state index contributed by atoms with van der Waals surface area (Å²) in [6, 6.07) is 13.9. The molecule has 1 atom stereocenters. The molecule has 3 aromatic rings. The van der Waals surface area contributed by atoms with Crippen LogP contribution < -0.4 is 0 Å². The lowest BCUT2D eigenvalue weighted by atomic mass is 9.97. The number of carbonyl (C=O) groups excluding carboxylic acids is 1.